The van der Waals surface area contributed by atoms with Crippen LogP contribution in [0.2, 0.25) is 0 Å². The molecule has 106 valence electrons. The molecule has 3 nitrogen and oxygen atoms in total. The van der Waals surface area contributed by atoms with Crippen molar-refractivity contribution in [2.45, 2.75) is 34.2 Å². The Bertz CT molecular complexity index is 405. The average Bonchev–Trinajstić information content (AvgIpc) is 2.34. The number of nitrogens with two attached hydrogens (primary N) is 1. The molecule has 0 radical (unpaired) electrons. The molecule has 0 saturated carbocycles. The molecule has 0 bridgehead atoms. The quantitative estimate of drug-likeness (QED) is 0.794. The van der Waals surface area contributed by atoms with Crippen LogP contribution in [0.1, 0.15) is 43.6 Å². The van der Waals surface area contributed by atoms with Crippen LogP contribution in [0.3, 0.4) is 0 Å². The van der Waals surface area contributed by atoms with Crippen LogP contribution in [-0.2, 0) is 6.54 Å². The lowest BCUT2D eigenvalue weighted by atomic mass is 9.85. The van der Waals surface area contributed by atoms with Crippen LogP contribution in [0.5, 0.6) is 0 Å². The number of benzene rings is 1. The second-order valence-corrected chi connectivity index (χ2v) is 5.85. The van der Waals surface area contributed by atoms with Gasteiger partial charge in [-0.05, 0) is 42.0 Å². The van der Waals surface area contributed by atoms with Crippen molar-refractivity contribution in [1.29, 1.82) is 0 Å². The van der Waals surface area contributed by atoms with E-state index in [2.05, 4.69) is 33.0 Å². The molecule has 0 aliphatic rings. The summed E-state index contributed by atoms with van der Waals surface area (Å²) in [6.07, 6.45) is 0. The lowest BCUT2D eigenvalue weighted by molar-refractivity contribution is 0.1000. The van der Waals surface area contributed by atoms with Crippen LogP contribution >= 0.6 is 0 Å². The molecule has 1 aromatic carbocycles. The molecule has 1 rings (SSSR count). The van der Waals surface area contributed by atoms with Gasteiger partial charge in [0, 0.05) is 12.1 Å². The van der Waals surface area contributed by atoms with Crippen LogP contribution in [0.15, 0.2) is 24.3 Å². The molecule has 0 spiro atoms. The van der Waals surface area contributed by atoms with Gasteiger partial charge in [-0.2, -0.15) is 0 Å². The monoisotopic (exact) mass is 262 g/mol. The van der Waals surface area contributed by atoms with Gasteiger partial charge in [0.05, 0.1) is 0 Å². The van der Waals surface area contributed by atoms with Crippen molar-refractivity contribution in [3.8, 4) is 0 Å². The summed E-state index contributed by atoms with van der Waals surface area (Å²) < 4.78 is 0. The Kier molecular flexibility index (Phi) is 6.03. The molecule has 3 heteroatoms. The van der Waals surface area contributed by atoms with E-state index in [0.29, 0.717) is 23.3 Å². The highest BCUT2D eigenvalue weighted by molar-refractivity contribution is 5.92. The highest BCUT2D eigenvalue weighted by atomic mass is 16.1. The van der Waals surface area contributed by atoms with Crippen molar-refractivity contribution in [3.63, 3.8) is 0 Å². The second kappa shape index (κ2) is 7.29. The number of hydrogen-bond acceptors (Lipinski definition) is 2. The summed E-state index contributed by atoms with van der Waals surface area (Å²) in [7, 11) is 0. The largest absolute Gasteiger partial charge is 0.366 e. The normalized spacial score (nSPS) is 11.5. The Morgan fingerprint density at radius 1 is 1.21 bits per heavy atom. The van der Waals surface area contributed by atoms with E-state index in [1.165, 1.54) is 0 Å². The van der Waals surface area contributed by atoms with Gasteiger partial charge in [0.2, 0.25) is 5.91 Å². The van der Waals surface area contributed by atoms with Crippen molar-refractivity contribution >= 4 is 5.91 Å². The molecule has 1 aromatic rings. The van der Waals surface area contributed by atoms with E-state index < -0.39 is 0 Å². The van der Waals surface area contributed by atoms with Gasteiger partial charge in [-0.1, -0.05) is 39.8 Å². The molecule has 3 N–H and O–H groups in total. The summed E-state index contributed by atoms with van der Waals surface area (Å²) in [5.74, 6) is 1.64. The van der Waals surface area contributed by atoms with Crippen molar-refractivity contribution < 1.29 is 4.79 Å². The topological polar surface area (TPSA) is 55.1 Å². The SMILES string of the molecule is CC(C)C(CNCc1cccc(C(N)=O)c1)C(C)C. The minimum atomic E-state index is -0.371. The Labute approximate surface area is 116 Å². The maximum absolute atomic E-state index is 11.1. The minimum Gasteiger partial charge on any atom is -0.366 e. The van der Waals surface area contributed by atoms with Crippen molar-refractivity contribution in [2.75, 3.05) is 6.54 Å². The molecule has 0 fully saturated rings. The molecule has 0 heterocycles. The predicted molar refractivity (Wildman–Crippen MR) is 79.8 cm³/mol. The molecule has 0 atom stereocenters. The summed E-state index contributed by atoms with van der Waals surface area (Å²) in [4.78, 5) is 11.1. The number of carbonyl (C=O) groups excluding carboxylic acids is 1. The molecule has 0 unspecified atom stereocenters. The Morgan fingerprint density at radius 3 is 2.37 bits per heavy atom. The summed E-state index contributed by atoms with van der Waals surface area (Å²) in [5, 5.41) is 3.48. The first-order valence-corrected chi connectivity index (χ1v) is 7.01. The zero-order valence-electron chi connectivity index (χ0n) is 12.4. The fraction of sp³-hybridized carbons (Fsp3) is 0.562. The van der Waals surface area contributed by atoms with Gasteiger partial charge in [-0.15, -0.1) is 0 Å². The van der Waals surface area contributed by atoms with E-state index >= 15 is 0 Å². The second-order valence-electron chi connectivity index (χ2n) is 5.85. The van der Waals surface area contributed by atoms with Crippen molar-refractivity contribution in [3.05, 3.63) is 35.4 Å². The standard InChI is InChI=1S/C16H26N2O/c1-11(2)15(12(3)4)10-18-9-13-6-5-7-14(8-13)16(17)19/h5-8,11-12,15,18H,9-10H2,1-4H3,(H2,17,19). The molecule has 0 aliphatic carbocycles. The lowest BCUT2D eigenvalue weighted by Gasteiger charge is -2.25. The number of primary amides is 1. The third-order valence-corrected chi connectivity index (χ3v) is 3.63. The fourth-order valence-electron chi connectivity index (χ4n) is 2.46. The third kappa shape index (κ3) is 5.03. The van der Waals surface area contributed by atoms with Crippen molar-refractivity contribution in [2.24, 2.45) is 23.5 Å². The number of rotatable bonds is 7. The van der Waals surface area contributed by atoms with Crippen LogP contribution in [0.25, 0.3) is 0 Å². The molecular formula is C16H26N2O. The molecule has 19 heavy (non-hydrogen) atoms. The first-order chi connectivity index (χ1) is 8.91. The van der Waals surface area contributed by atoms with Gasteiger partial charge in [-0.3, -0.25) is 4.79 Å². The molecule has 1 amide bonds. The first kappa shape index (κ1) is 15.7. The first-order valence-electron chi connectivity index (χ1n) is 7.01. The number of amides is 1. The summed E-state index contributed by atoms with van der Waals surface area (Å²) in [5.41, 5.74) is 6.95. The van der Waals surface area contributed by atoms with Gasteiger partial charge < -0.3 is 11.1 Å². The zero-order chi connectivity index (χ0) is 14.4. The van der Waals surface area contributed by atoms with E-state index in [1.54, 1.807) is 6.07 Å². The van der Waals surface area contributed by atoms with Crippen LogP contribution < -0.4 is 11.1 Å². The third-order valence-electron chi connectivity index (χ3n) is 3.63. The van der Waals surface area contributed by atoms with E-state index in [9.17, 15) is 4.79 Å². The highest BCUT2D eigenvalue weighted by Gasteiger charge is 2.16. The smallest absolute Gasteiger partial charge is 0.248 e. The van der Waals surface area contributed by atoms with E-state index in [1.807, 2.05) is 18.2 Å². The lowest BCUT2D eigenvalue weighted by Crippen LogP contribution is -2.29. The number of nitrogens with one attached hydrogen (secondary N) is 1. The maximum atomic E-state index is 11.1. The highest BCUT2D eigenvalue weighted by Crippen LogP contribution is 2.19. The van der Waals surface area contributed by atoms with E-state index in [4.69, 9.17) is 5.73 Å². The van der Waals surface area contributed by atoms with Gasteiger partial charge in [0.1, 0.15) is 0 Å². The van der Waals surface area contributed by atoms with Gasteiger partial charge >= 0.3 is 0 Å². The minimum absolute atomic E-state index is 0.371. The number of carbonyl (C=O) groups is 1. The summed E-state index contributed by atoms with van der Waals surface area (Å²) in [6.45, 7) is 10.8. The number of hydrogen-bond donors (Lipinski definition) is 2. The average molecular weight is 262 g/mol. The molecule has 0 aliphatic heterocycles. The van der Waals surface area contributed by atoms with Gasteiger partial charge in [0.25, 0.3) is 0 Å². The summed E-state index contributed by atoms with van der Waals surface area (Å²) >= 11 is 0. The van der Waals surface area contributed by atoms with Crippen LogP contribution in [0, 0.1) is 17.8 Å². The Balaban J connectivity index is 2.53. The van der Waals surface area contributed by atoms with Crippen LogP contribution in [-0.4, -0.2) is 12.5 Å². The molecular weight excluding hydrogens is 236 g/mol. The van der Waals surface area contributed by atoms with E-state index in [0.717, 1.165) is 18.7 Å². The molecule has 0 aromatic heterocycles. The van der Waals surface area contributed by atoms with E-state index in [-0.39, 0.29) is 5.91 Å². The Morgan fingerprint density at radius 2 is 1.84 bits per heavy atom. The molecule has 0 saturated heterocycles. The predicted octanol–water partition coefficient (Wildman–Crippen LogP) is 2.80. The van der Waals surface area contributed by atoms with Crippen molar-refractivity contribution in [1.82, 2.24) is 5.32 Å². The fourth-order valence-corrected chi connectivity index (χ4v) is 2.46. The Hall–Kier alpha value is -1.35. The maximum Gasteiger partial charge on any atom is 0.248 e. The summed E-state index contributed by atoms with van der Waals surface area (Å²) in [6, 6.07) is 7.49. The zero-order valence-corrected chi connectivity index (χ0v) is 12.4. The van der Waals surface area contributed by atoms with Gasteiger partial charge in [-0.25, -0.2) is 0 Å². The van der Waals surface area contributed by atoms with Gasteiger partial charge in [0.15, 0.2) is 0 Å². The van der Waals surface area contributed by atoms with Crippen LogP contribution in [0.4, 0.5) is 0 Å².